The Balaban J connectivity index is 1.52. The van der Waals surface area contributed by atoms with Crippen molar-refractivity contribution in [1.82, 2.24) is 19.7 Å². The zero-order valence-electron chi connectivity index (χ0n) is 16.1. The van der Waals surface area contributed by atoms with Gasteiger partial charge in [-0.25, -0.2) is 0 Å². The van der Waals surface area contributed by atoms with Crippen molar-refractivity contribution in [3.05, 3.63) is 54.2 Å². The van der Waals surface area contributed by atoms with E-state index in [0.29, 0.717) is 5.56 Å². The predicted molar refractivity (Wildman–Crippen MR) is 110 cm³/mol. The predicted octanol–water partition coefficient (Wildman–Crippen LogP) is 2.71. The van der Waals surface area contributed by atoms with Crippen molar-refractivity contribution in [2.24, 2.45) is 0 Å². The molecule has 2 aromatic carbocycles. The van der Waals surface area contributed by atoms with Gasteiger partial charge in [0.2, 0.25) is 0 Å². The number of hydrogen-bond donors (Lipinski definition) is 0. The standard InChI is InChI=1S/C22H26N4O/c1-24(2)9-10-25-11-13-26(14-12-25)22(27)18-15-20-19-6-4-3-5-17(19)7-8-21(20)23-16-18/h3-8,15-16H,9-14H2,1-2H3. The summed E-state index contributed by atoms with van der Waals surface area (Å²) in [6.07, 6.45) is 1.72. The Morgan fingerprint density at radius 1 is 1.04 bits per heavy atom. The molecule has 1 saturated heterocycles. The lowest BCUT2D eigenvalue weighted by molar-refractivity contribution is 0.0629. The molecular formula is C22H26N4O. The lowest BCUT2D eigenvalue weighted by atomic mass is 10.0. The fraction of sp³-hybridized carbons (Fsp3) is 0.364. The summed E-state index contributed by atoms with van der Waals surface area (Å²) < 4.78 is 0. The summed E-state index contributed by atoms with van der Waals surface area (Å²) in [5, 5.41) is 3.36. The zero-order chi connectivity index (χ0) is 18.8. The van der Waals surface area contributed by atoms with Crippen LogP contribution in [0.1, 0.15) is 10.4 Å². The molecule has 27 heavy (non-hydrogen) atoms. The van der Waals surface area contributed by atoms with Crippen LogP contribution in [0.15, 0.2) is 48.7 Å². The molecule has 5 heteroatoms. The number of pyridine rings is 1. The monoisotopic (exact) mass is 362 g/mol. The molecule has 0 bridgehead atoms. The second-order valence-corrected chi connectivity index (χ2v) is 7.51. The van der Waals surface area contributed by atoms with Crippen molar-refractivity contribution in [2.75, 3.05) is 53.4 Å². The van der Waals surface area contributed by atoms with Gasteiger partial charge in [0, 0.05) is 50.9 Å². The van der Waals surface area contributed by atoms with Gasteiger partial charge in [-0.1, -0.05) is 30.3 Å². The topological polar surface area (TPSA) is 39.7 Å². The van der Waals surface area contributed by atoms with E-state index in [1.165, 1.54) is 5.39 Å². The first-order valence-electron chi connectivity index (χ1n) is 9.56. The van der Waals surface area contributed by atoms with Crippen LogP contribution in [-0.4, -0.2) is 79.0 Å². The number of fused-ring (bicyclic) bond motifs is 3. The Kier molecular flexibility index (Phi) is 5.05. The van der Waals surface area contributed by atoms with Crippen molar-refractivity contribution in [1.29, 1.82) is 0 Å². The molecule has 2 heterocycles. The maximum atomic E-state index is 13.0. The number of piperazine rings is 1. The highest BCUT2D eigenvalue weighted by Gasteiger charge is 2.22. The number of rotatable bonds is 4. The molecule has 5 nitrogen and oxygen atoms in total. The molecule has 1 aliphatic rings. The van der Waals surface area contributed by atoms with Crippen LogP contribution in [0.2, 0.25) is 0 Å². The normalized spacial score (nSPS) is 15.7. The molecule has 1 aliphatic heterocycles. The highest BCUT2D eigenvalue weighted by Crippen LogP contribution is 2.25. The fourth-order valence-corrected chi connectivity index (χ4v) is 3.70. The molecule has 3 aromatic rings. The van der Waals surface area contributed by atoms with Crippen LogP contribution >= 0.6 is 0 Å². The molecule has 0 radical (unpaired) electrons. The zero-order valence-corrected chi connectivity index (χ0v) is 16.1. The molecule has 0 spiro atoms. The lowest BCUT2D eigenvalue weighted by Crippen LogP contribution is -2.50. The van der Waals surface area contributed by atoms with Crippen LogP contribution in [0.25, 0.3) is 21.7 Å². The smallest absolute Gasteiger partial charge is 0.255 e. The van der Waals surface area contributed by atoms with Crippen molar-refractivity contribution in [3.63, 3.8) is 0 Å². The third-order valence-corrected chi connectivity index (χ3v) is 5.36. The number of nitrogens with zero attached hydrogens (tertiary/aromatic N) is 4. The molecule has 1 fully saturated rings. The number of aromatic nitrogens is 1. The summed E-state index contributed by atoms with van der Waals surface area (Å²) in [7, 11) is 4.19. The van der Waals surface area contributed by atoms with Gasteiger partial charge in [0.25, 0.3) is 5.91 Å². The summed E-state index contributed by atoms with van der Waals surface area (Å²) in [5.74, 6) is 0.0876. The van der Waals surface area contributed by atoms with Gasteiger partial charge in [-0.3, -0.25) is 14.7 Å². The van der Waals surface area contributed by atoms with Gasteiger partial charge in [0.15, 0.2) is 0 Å². The quantitative estimate of drug-likeness (QED) is 0.669. The average molecular weight is 362 g/mol. The van der Waals surface area contributed by atoms with Crippen molar-refractivity contribution < 1.29 is 4.79 Å². The minimum Gasteiger partial charge on any atom is -0.336 e. The van der Waals surface area contributed by atoms with Crippen LogP contribution in [0, 0.1) is 0 Å². The van der Waals surface area contributed by atoms with Gasteiger partial charge in [-0.2, -0.15) is 0 Å². The van der Waals surface area contributed by atoms with Crippen molar-refractivity contribution in [3.8, 4) is 0 Å². The van der Waals surface area contributed by atoms with E-state index in [-0.39, 0.29) is 5.91 Å². The summed E-state index contributed by atoms with van der Waals surface area (Å²) in [6, 6.07) is 14.4. The molecule has 4 rings (SSSR count). The number of likely N-dealkylation sites (N-methyl/N-ethyl adjacent to an activating group) is 1. The molecule has 1 amide bonds. The van der Waals surface area contributed by atoms with E-state index in [9.17, 15) is 4.79 Å². The Labute approximate surface area is 160 Å². The van der Waals surface area contributed by atoms with Crippen molar-refractivity contribution in [2.45, 2.75) is 0 Å². The fourth-order valence-electron chi connectivity index (χ4n) is 3.70. The molecule has 0 unspecified atom stereocenters. The van der Waals surface area contributed by atoms with Crippen LogP contribution < -0.4 is 0 Å². The summed E-state index contributed by atoms with van der Waals surface area (Å²) in [6.45, 7) is 5.53. The van der Waals surface area contributed by atoms with E-state index in [1.807, 2.05) is 29.2 Å². The first-order valence-corrected chi connectivity index (χ1v) is 9.56. The first kappa shape index (κ1) is 17.9. The highest BCUT2D eigenvalue weighted by molar-refractivity contribution is 6.08. The largest absolute Gasteiger partial charge is 0.336 e. The van der Waals surface area contributed by atoms with E-state index in [4.69, 9.17) is 0 Å². The Bertz CT molecular complexity index is 961. The second kappa shape index (κ2) is 7.62. The SMILES string of the molecule is CN(C)CCN1CCN(C(=O)c2cnc3ccc4ccccc4c3c2)CC1. The third kappa shape index (κ3) is 3.80. The molecule has 1 aromatic heterocycles. The molecule has 0 N–H and O–H groups in total. The summed E-state index contributed by atoms with van der Waals surface area (Å²) in [4.78, 5) is 24.1. The van der Waals surface area contributed by atoms with Gasteiger partial charge in [-0.15, -0.1) is 0 Å². The van der Waals surface area contributed by atoms with Crippen LogP contribution in [-0.2, 0) is 0 Å². The summed E-state index contributed by atoms with van der Waals surface area (Å²) >= 11 is 0. The Morgan fingerprint density at radius 3 is 2.59 bits per heavy atom. The second-order valence-electron chi connectivity index (χ2n) is 7.51. The van der Waals surface area contributed by atoms with E-state index in [1.54, 1.807) is 6.20 Å². The Morgan fingerprint density at radius 2 is 1.81 bits per heavy atom. The summed E-state index contributed by atoms with van der Waals surface area (Å²) in [5.41, 5.74) is 1.61. The maximum Gasteiger partial charge on any atom is 0.255 e. The number of amides is 1. The number of carbonyl (C=O) groups is 1. The van der Waals surface area contributed by atoms with Gasteiger partial charge in [0.1, 0.15) is 0 Å². The number of benzene rings is 2. The Hall–Kier alpha value is -2.50. The number of hydrogen-bond acceptors (Lipinski definition) is 4. The van der Waals surface area contributed by atoms with Gasteiger partial charge >= 0.3 is 0 Å². The number of carbonyl (C=O) groups excluding carboxylic acids is 1. The van der Waals surface area contributed by atoms with Gasteiger partial charge in [0.05, 0.1) is 11.1 Å². The minimum absolute atomic E-state index is 0.0876. The molecule has 0 saturated carbocycles. The highest BCUT2D eigenvalue weighted by atomic mass is 16.2. The minimum atomic E-state index is 0.0876. The molecule has 140 valence electrons. The van der Waals surface area contributed by atoms with E-state index >= 15 is 0 Å². The third-order valence-electron chi connectivity index (χ3n) is 5.36. The maximum absolute atomic E-state index is 13.0. The first-order chi connectivity index (χ1) is 13.1. The average Bonchev–Trinajstić information content (AvgIpc) is 2.71. The van der Waals surface area contributed by atoms with Crippen molar-refractivity contribution >= 4 is 27.6 Å². The van der Waals surface area contributed by atoms with E-state index in [2.05, 4.69) is 47.1 Å². The molecule has 0 atom stereocenters. The molecule has 0 aliphatic carbocycles. The van der Waals surface area contributed by atoms with E-state index in [0.717, 1.165) is 55.6 Å². The van der Waals surface area contributed by atoms with Gasteiger partial charge < -0.3 is 9.80 Å². The lowest BCUT2D eigenvalue weighted by Gasteiger charge is -2.35. The molecular weight excluding hydrogens is 336 g/mol. The van der Waals surface area contributed by atoms with Crippen LogP contribution in [0.3, 0.4) is 0 Å². The van der Waals surface area contributed by atoms with Gasteiger partial charge in [-0.05, 0) is 37.0 Å². The van der Waals surface area contributed by atoms with Crippen LogP contribution in [0.4, 0.5) is 0 Å². The van der Waals surface area contributed by atoms with Crippen LogP contribution in [0.5, 0.6) is 0 Å². The van der Waals surface area contributed by atoms with E-state index < -0.39 is 0 Å².